The van der Waals surface area contributed by atoms with Gasteiger partial charge in [0.2, 0.25) is 10.0 Å². The fourth-order valence-electron chi connectivity index (χ4n) is 3.22. The van der Waals surface area contributed by atoms with Gasteiger partial charge in [0.25, 0.3) is 5.91 Å². The summed E-state index contributed by atoms with van der Waals surface area (Å²) in [5.41, 5.74) is 2.36. The standard InChI is InChI=1S/C22H26N2O5S/c1-3-16(2)23-21(25)15-29-22(26)18-8-10-20(11-9-18)30(27,28)24-13-12-17-6-4-5-7-19(17)14-24/h4-11,16H,3,12-15H2,1-2H3,(H,23,25). The van der Waals surface area contributed by atoms with Crippen molar-refractivity contribution in [3.63, 3.8) is 0 Å². The molecule has 1 atom stereocenters. The molecule has 2 aromatic rings. The molecule has 30 heavy (non-hydrogen) atoms. The van der Waals surface area contributed by atoms with Crippen molar-refractivity contribution in [2.45, 2.75) is 44.2 Å². The van der Waals surface area contributed by atoms with Crippen LogP contribution in [0.4, 0.5) is 0 Å². The number of amides is 1. The van der Waals surface area contributed by atoms with Crippen molar-refractivity contribution in [1.29, 1.82) is 0 Å². The highest BCUT2D eigenvalue weighted by molar-refractivity contribution is 7.89. The first kappa shape index (κ1) is 22.0. The number of rotatable bonds is 7. The average Bonchev–Trinajstić information content (AvgIpc) is 2.77. The SMILES string of the molecule is CCC(C)NC(=O)COC(=O)c1ccc(S(=O)(=O)N2CCc3ccccc3C2)cc1. The van der Waals surface area contributed by atoms with E-state index in [2.05, 4.69) is 5.32 Å². The van der Waals surface area contributed by atoms with Gasteiger partial charge in [-0.2, -0.15) is 4.31 Å². The van der Waals surface area contributed by atoms with E-state index in [1.807, 2.05) is 38.1 Å². The number of sulfonamides is 1. The number of carbonyl (C=O) groups is 2. The van der Waals surface area contributed by atoms with Gasteiger partial charge in [-0.1, -0.05) is 31.2 Å². The molecule has 8 heteroatoms. The van der Waals surface area contributed by atoms with Crippen LogP contribution in [0.25, 0.3) is 0 Å². The van der Waals surface area contributed by atoms with E-state index in [9.17, 15) is 18.0 Å². The Balaban J connectivity index is 1.63. The Kier molecular flexibility index (Phi) is 6.89. The molecule has 1 N–H and O–H groups in total. The number of hydrogen-bond acceptors (Lipinski definition) is 5. The fourth-order valence-corrected chi connectivity index (χ4v) is 4.64. The number of nitrogens with zero attached hydrogens (tertiary/aromatic N) is 1. The lowest BCUT2D eigenvalue weighted by molar-refractivity contribution is -0.124. The van der Waals surface area contributed by atoms with E-state index in [0.29, 0.717) is 19.5 Å². The molecule has 160 valence electrons. The van der Waals surface area contributed by atoms with Gasteiger partial charge in [-0.05, 0) is 55.2 Å². The Bertz CT molecular complexity index is 1020. The summed E-state index contributed by atoms with van der Waals surface area (Å²) in [6, 6.07) is 13.4. The second-order valence-corrected chi connectivity index (χ2v) is 9.27. The van der Waals surface area contributed by atoms with E-state index in [1.54, 1.807) is 0 Å². The smallest absolute Gasteiger partial charge is 0.338 e. The third kappa shape index (κ3) is 5.06. The molecule has 7 nitrogen and oxygen atoms in total. The van der Waals surface area contributed by atoms with Gasteiger partial charge >= 0.3 is 5.97 Å². The normalized spacial score (nSPS) is 15.1. The number of ether oxygens (including phenoxy) is 1. The first-order valence-corrected chi connectivity index (χ1v) is 11.4. The molecular formula is C22H26N2O5S. The van der Waals surface area contributed by atoms with E-state index in [1.165, 1.54) is 34.1 Å². The van der Waals surface area contributed by atoms with E-state index in [-0.39, 0.29) is 29.0 Å². The summed E-state index contributed by atoms with van der Waals surface area (Å²) < 4.78 is 32.4. The lowest BCUT2D eigenvalue weighted by Crippen LogP contribution is -2.36. The summed E-state index contributed by atoms with van der Waals surface area (Å²) in [5, 5.41) is 2.71. The molecule has 0 aliphatic carbocycles. The van der Waals surface area contributed by atoms with Gasteiger partial charge in [-0.3, -0.25) is 4.79 Å². The highest BCUT2D eigenvalue weighted by Crippen LogP contribution is 2.25. The number of fused-ring (bicyclic) bond motifs is 1. The lowest BCUT2D eigenvalue weighted by atomic mass is 10.0. The first-order valence-electron chi connectivity index (χ1n) is 9.94. The average molecular weight is 431 g/mol. The molecule has 2 aromatic carbocycles. The Morgan fingerprint density at radius 1 is 1.10 bits per heavy atom. The minimum Gasteiger partial charge on any atom is -0.452 e. The number of carbonyl (C=O) groups excluding carboxylic acids is 2. The number of esters is 1. The molecule has 1 unspecified atom stereocenters. The second kappa shape index (κ2) is 9.40. The van der Waals surface area contributed by atoms with Crippen LogP contribution in [0.15, 0.2) is 53.4 Å². The zero-order valence-corrected chi connectivity index (χ0v) is 17.9. The maximum atomic E-state index is 13.0. The van der Waals surface area contributed by atoms with Crippen molar-refractivity contribution < 1.29 is 22.7 Å². The van der Waals surface area contributed by atoms with Crippen LogP contribution in [-0.4, -0.2) is 43.8 Å². The molecule has 1 amide bonds. The van der Waals surface area contributed by atoms with Crippen molar-refractivity contribution in [3.8, 4) is 0 Å². The van der Waals surface area contributed by atoms with Gasteiger partial charge in [-0.15, -0.1) is 0 Å². The van der Waals surface area contributed by atoms with Crippen LogP contribution >= 0.6 is 0 Å². The summed E-state index contributed by atoms with van der Waals surface area (Å²) in [5.74, 6) is -1.05. The third-order valence-corrected chi connectivity index (χ3v) is 7.04. The van der Waals surface area contributed by atoms with E-state index >= 15 is 0 Å². The molecule has 0 saturated carbocycles. The van der Waals surface area contributed by atoms with Gasteiger partial charge in [0.15, 0.2) is 6.61 Å². The molecule has 0 saturated heterocycles. The maximum absolute atomic E-state index is 13.0. The van der Waals surface area contributed by atoms with Crippen LogP contribution in [0.3, 0.4) is 0 Å². The molecule has 0 bridgehead atoms. The van der Waals surface area contributed by atoms with E-state index in [4.69, 9.17) is 4.74 Å². The zero-order valence-electron chi connectivity index (χ0n) is 17.1. The van der Waals surface area contributed by atoms with E-state index in [0.717, 1.165) is 12.0 Å². The van der Waals surface area contributed by atoms with Gasteiger partial charge in [0.1, 0.15) is 0 Å². The highest BCUT2D eigenvalue weighted by Gasteiger charge is 2.28. The van der Waals surface area contributed by atoms with Crippen LogP contribution in [0.5, 0.6) is 0 Å². The molecule has 0 radical (unpaired) electrons. The molecule has 3 rings (SSSR count). The molecule has 0 fully saturated rings. The maximum Gasteiger partial charge on any atom is 0.338 e. The van der Waals surface area contributed by atoms with Gasteiger partial charge in [0, 0.05) is 19.1 Å². The van der Waals surface area contributed by atoms with Crippen molar-refractivity contribution >= 4 is 21.9 Å². The Labute approximate surface area is 177 Å². The Morgan fingerprint density at radius 2 is 1.77 bits per heavy atom. The minimum absolute atomic E-state index is 0.00226. The Hall–Kier alpha value is -2.71. The number of nitrogens with one attached hydrogen (secondary N) is 1. The quantitative estimate of drug-likeness (QED) is 0.682. The van der Waals surface area contributed by atoms with Gasteiger partial charge in [-0.25, -0.2) is 13.2 Å². The molecule has 1 aliphatic rings. The highest BCUT2D eigenvalue weighted by atomic mass is 32.2. The monoisotopic (exact) mass is 430 g/mol. The fraction of sp³-hybridized carbons (Fsp3) is 0.364. The molecule has 0 spiro atoms. The van der Waals surface area contributed by atoms with Crippen LogP contribution < -0.4 is 5.32 Å². The van der Waals surface area contributed by atoms with Crippen LogP contribution in [0.2, 0.25) is 0 Å². The third-order valence-electron chi connectivity index (χ3n) is 5.18. The largest absolute Gasteiger partial charge is 0.452 e. The topological polar surface area (TPSA) is 92.8 Å². The lowest BCUT2D eigenvalue weighted by Gasteiger charge is -2.28. The predicted octanol–water partition coefficient (Wildman–Crippen LogP) is 2.51. The summed E-state index contributed by atoms with van der Waals surface area (Å²) >= 11 is 0. The van der Waals surface area contributed by atoms with Crippen molar-refractivity contribution in [2.24, 2.45) is 0 Å². The molecule has 0 aromatic heterocycles. The van der Waals surface area contributed by atoms with Crippen LogP contribution in [-0.2, 0) is 32.5 Å². The Morgan fingerprint density at radius 3 is 2.43 bits per heavy atom. The summed E-state index contributed by atoms with van der Waals surface area (Å²) in [7, 11) is -3.67. The predicted molar refractivity (Wildman–Crippen MR) is 112 cm³/mol. The van der Waals surface area contributed by atoms with Crippen LogP contribution in [0, 0.1) is 0 Å². The second-order valence-electron chi connectivity index (χ2n) is 7.33. The van der Waals surface area contributed by atoms with Crippen LogP contribution in [0.1, 0.15) is 41.8 Å². The minimum atomic E-state index is -3.67. The summed E-state index contributed by atoms with van der Waals surface area (Å²) in [6.07, 6.45) is 1.44. The van der Waals surface area contributed by atoms with Crippen molar-refractivity contribution in [1.82, 2.24) is 9.62 Å². The molecule has 1 aliphatic heterocycles. The van der Waals surface area contributed by atoms with Gasteiger partial charge in [0.05, 0.1) is 10.5 Å². The molecule has 1 heterocycles. The summed E-state index contributed by atoms with van der Waals surface area (Å²) in [4.78, 5) is 24.0. The van der Waals surface area contributed by atoms with Crippen molar-refractivity contribution in [3.05, 3.63) is 65.2 Å². The van der Waals surface area contributed by atoms with E-state index < -0.39 is 16.0 Å². The first-order chi connectivity index (χ1) is 14.3. The molecular weight excluding hydrogens is 404 g/mol. The summed E-state index contributed by atoms with van der Waals surface area (Å²) in [6.45, 7) is 4.16. The van der Waals surface area contributed by atoms with Gasteiger partial charge < -0.3 is 10.1 Å². The number of benzene rings is 2. The van der Waals surface area contributed by atoms with Crippen molar-refractivity contribution in [2.75, 3.05) is 13.2 Å². The zero-order chi connectivity index (χ0) is 21.7. The number of hydrogen-bond donors (Lipinski definition) is 1.